The molecule has 0 saturated carbocycles. The third-order valence-electron chi connectivity index (χ3n) is 5.06. The maximum atomic E-state index is 12.6. The normalized spacial score (nSPS) is 18.4. The van der Waals surface area contributed by atoms with Gasteiger partial charge in [-0.3, -0.25) is 9.59 Å². The lowest BCUT2D eigenvalue weighted by molar-refractivity contribution is -0.192. The molecule has 32 heavy (non-hydrogen) atoms. The molecule has 176 valence electrons. The smallest absolute Gasteiger partial charge is 0.475 e. The number of fused-ring (bicyclic) bond motifs is 1. The van der Waals surface area contributed by atoms with Gasteiger partial charge in [-0.1, -0.05) is 38.1 Å². The number of alkyl halides is 3. The summed E-state index contributed by atoms with van der Waals surface area (Å²) in [5.74, 6) is -2.31. The molecule has 2 aliphatic heterocycles. The Morgan fingerprint density at radius 2 is 1.91 bits per heavy atom. The molecule has 3 rings (SSSR count). The van der Waals surface area contributed by atoms with Crippen molar-refractivity contribution in [3.8, 4) is 0 Å². The second-order valence-electron chi connectivity index (χ2n) is 8.07. The Morgan fingerprint density at radius 3 is 2.44 bits per heavy atom. The van der Waals surface area contributed by atoms with Crippen molar-refractivity contribution < 1.29 is 32.7 Å². The number of amides is 2. The lowest BCUT2D eigenvalue weighted by Gasteiger charge is -2.28. The largest absolute Gasteiger partial charge is 0.490 e. The molecule has 2 aliphatic rings. The molecule has 1 aromatic carbocycles. The van der Waals surface area contributed by atoms with Crippen LogP contribution in [0.5, 0.6) is 0 Å². The lowest BCUT2D eigenvalue weighted by atomic mass is 10.0. The zero-order valence-corrected chi connectivity index (χ0v) is 18.0. The third-order valence-corrected chi connectivity index (χ3v) is 5.06. The first-order valence-corrected chi connectivity index (χ1v) is 10.4. The molecule has 0 aromatic heterocycles. The van der Waals surface area contributed by atoms with Gasteiger partial charge in [-0.05, 0) is 43.4 Å². The Balaban J connectivity index is 0.000000451. The van der Waals surface area contributed by atoms with Crippen molar-refractivity contribution in [2.45, 2.75) is 51.4 Å². The maximum absolute atomic E-state index is 12.6. The number of carboxylic acids is 1. The minimum absolute atomic E-state index is 0.0188. The van der Waals surface area contributed by atoms with Crippen LogP contribution in [0.4, 0.5) is 18.9 Å². The second kappa shape index (κ2) is 11.1. The number of nitrogens with zero attached hydrogens (tertiary/aromatic N) is 1. The zero-order valence-electron chi connectivity index (χ0n) is 18.0. The van der Waals surface area contributed by atoms with E-state index in [9.17, 15) is 22.8 Å². The van der Waals surface area contributed by atoms with Gasteiger partial charge in [0.05, 0.1) is 6.04 Å². The van der Waals surface area contributed by atoms with Gasteiger partial charge in [0.1, 0.15) is 0 Å². The number of hydrogen-bond acceptors (Lipinski definition) is 4. The molecule has 2 atom stereocenters. The van der Waals surface area contributed by atoms with Gasteiger partial charge in [0.25, 0.3) is 5.91 Å². The molecular formula is C22H28F3N3O4. The van der Waals surface area contributed by atoms with Gasteiger partial charge in [-0.2, -0.15) is 13.2 Å². The predicted octanol–water partition coefficient (Wildman–Crippen LogP) is 2.66. The standard InChI is InChI=1S/C20H27N3O2.C2HF3O2/c1-14(2)13-16(22-20(25)17-9-11-21-17)7-8-19(24)23-12-10-15-5-3-4-6-18(15)23;3-2(4,5)1(6)7/h3-8,14,16-17,21H,9-13H2,1-2H3,(H,22,25);(H,6,7)/b8-7+;/t16-,17?;/m1./s1. The van der Waals surface area contributed by atoms with Crippen LogP contribution in [0.15, 0.2) is 36.4 Å². The van der Waals surface area contributed by atoms with Gasteiger partial charge in [0.2, 0.25) is 5.91 Å². The number of carbonyl (C=O) groups is 3. The number of halogens is 3. The van der Waals surface area contributed by atoms with Gasteiger partial charge in [0.15, 0.2) is 0 Å². The van der Waals surface area contributed by atoms with E-state index in [-0.39, 0.29) is 23.9 Å². The quantitative estimate of drug-likeness (QED) is 0.573. The minimum Gasteiger partial charge on any atom is -0.475 e. The van der Waals surface area contributed by atoms with E-state index in [0.717, 1.165) is 38.0 Å². The van der Waals surface area contributed by atoms with Crippen LogP contribution in [0.3, 0.4) is 0 Å². The summed E-state index contributed by atoms with van der Waals surface area (Å²) in [6, 6.07) is 7.83. The molecule has 2 heterocycles. The second-order valence-corrected chi connectivity index (χ2v) is 8.07. The van der Waals surface area contributed by atoms with Crippen LogP contribution in [-0.4, -0.2) is 54.2 Å². The van der Waals surface area contributed by atoms with E-state index in [4.69, 9.17) is 9.90 Å². The predicted molar refractivity (Wildman–Crippen MR) is 113 cm³/mol. The Labute approximate surface area is 184 Å². The number of para-hydroxylation sites is 1. The minimum atomic E-state index is -5.08. The van der Waals surface area contributed by atoms with Gasteiger partial charge in [-0.25, -0.2) is 4.79 Å². The fourth-order valence-corrected chi connectivity index (χ4v) is 3.34. The number of benzene rings is 1. The summed E-state index contributed by atoms with van der Waals surface area (Å²) in [5.41, 5.74) is 2.22. The average Bonchev–Trinajstić information content (AvgIpc) is 3.08. The van der Waals surface area contributed by atoms with Crippen LogP contribution in [0, 0.1) is 5.92 Å². The van der Waals surface area contributed by atoms with Crippen LogP contribution in [0.25, 0.3) is 0 Å². The Morgan fingerprint density at radius 1 is 1.28 bits per heavy atom. The highest BCUT2D eigenvalue weighted by atomic mass is 19.4. The maximum Gasteiger partial charge on any atom is 0.490 e. The van der Waals surface area contributed by atoms with Gasteiger partial charge in [0, 0.05) is 24.4 Å². The molecule has 2 amide bonds. The molecule has 3 N–H and O–H groups in total. The number of carbonyl (C=O) groups excluding carboxylic acids is 2. The van der Waals surface area contributed by atoms with Crippen LogP contribution in [0.2, 0.25) is 0 Å². The van der Waals surface area contributed by atoms with Crippen LogP contribution in [0.1, 0.15) is 32.3 Å². The fraction of sp³-hybridized carbons (Fsp3) is 0.500. The number of hydrogen-bond donors (Lipinski definition) is 3. The molecule has 0 aliphatic carbocycles. The molecule has 1 fully saturated rings. The highest BCUT2D eigenvalue weighted by Crippen LogP contribution is 2.27. The molecule has 0 radical (unpaired) electrons. The highest BCUT2D eigenvalue weighted by molar-refractivity contribution is 6.03. The first-order chi connectivity index (χ1) is 15.0. The Hall–Kier alpha value is -2.88. The summed E-state index contributed by atoms with van der Waals surface area (Å²) in [7, 11) is 0. The number of aliphatic carboxylic acids is 1. The van der Waals surface area contributed by atoms with E-state index in [0.29, 0.717) is 5.92 Å². The monoisotopic (exact) mass is 455 g/mol. The topological polar surface area (TPSA) is 98.7 Å². The van der Waals surface area contributed by atoms with E-state index < -0.39 is 12.1 Å². The summed E-state index contributed by atoms with van der Waals surface area (Å²) >= 11 is 0. The summed E-state index contributed by atoms with van der Waals surface area (Å²) in [6.45, 7) is 5.85. The van der Waals surface area contributed by atoms with Gasteiger partial charge >= 0.3 is 12.1 Å². The molecule has 7 nitrogen and oxygen atoms in total. The molecule has 1 saturated heterocycles. The number of anilines is 1. The van der Waals surface area contributed by atoms with Crippen molar-refractivity contribution in [3.63, 3.8) is 0 Å². The van der Waals surface area contributed by atoms with Crippen LogP contribution < -0.4 is 15.5 Å². The zero-order chi connectivity index (χ0) is 23.9. The van der Waals surface area contributed by atoms with E-state index in [1.165, 1.54) is 5.56 Å². The molecule has 0 bridgehead atoms. The molecule has 1 aromatic rings. The summed E-state index contributed by atoms with van der Waals surface area (Å²) in [6.07, 6.45) is 0.977. The van der Waals surface area contributed by atoms with Crippen molar-refractivity contribution in [3.05, 3.63) is 42.0 Å². The number of rotatable bonds is 6. The first-order valence-electron chi connectivity index (χ1n) is 10.4. The van der Waals surface area contributed by atoms with Crippen LogP contribution >= 0.6 is 0 Å². The SMILES string of the molecule is CC(C)C[C@@H](/C=C/C(=O)N1CCc2ccccc21)NC(=O)C1CCN1.O=C(O)C(F)(F)F. The van der Waals surface area contributed by atoms with Gasteiger partial charge in [-0.15, -0.1) is 0 Å². The lowest BCUT2D eigenvalue weighted by Crippen LogP contribution is -2.55. The average molecular weight is 455 g/mol. The summed E-state index contributed by atoms with van der Waals surface area (Å²) in [5, 5.41) is 13.3. The molecular weight excluding hydrogens is 427 g/mol. The number of carboxylic acid groups (broad SMARTS) is 1. The van der Waals surface area contributed by atoms with E-state index in [1.54, 1.807) is 6.08 Å². The van der Waals surface area contributed by atoms with E-state index in [1.807, 2.05) is 29.2 Å². The van der Waals surface area contributed by atoms with E-state index in [2.05, 4.69) is 30.5 Å². The summed E-state index contributed by atoms with van der Waals surface area (Å²) < 4.78 is 31.7. The van der Waals surface area contributed by atoms with Crippen LogP contribution in [-0.2, 0) is 20.8 Å². The molecule has 1 unspecified atom stereocenters. The summed E-state index contributed by atoms with van der Waals surface area (Å²) in [4.78, 5) is 35.5. The Bertz CT molecular complexity index is 851. The molecule has 10 heteroatoms. The highest BCUT2D eigenvalue weighted by Gasteiger charge is 2.38. The number of nitrogens with one attached hydrogen (secondary N) is 2. The molecule has 0 spiro atoms. The fourth-order valence-electron chi connectivity index (χ4n) is 3.34. The Kier molecular flexibility index (Phi) is 8.82. The van der Waals surface area contributed by atoms with Crippen molar-refractivity contribution in [1.29, 1.82) is 0 Å². The first kappa shape index (κ1) is 25.4. The van der Waals surface area contributed by atoms with Crippen molar-refractivity contribution in [2.24, 2.45) is 5.92 Å². The van der Waals surface area contributed by atoms with Gasteiger partial charge < -0.3 is 20.6 Å². The third kappa shape index (κ3) is 7.37. The van der Waals surface area contributed by atoms with E-state index >= 15 is 0 Å². The van der Waals surface area contributed by atoms with Crippen molar-refractivity contribution >= 4 is 23.5 Å². The van der Waals surface area contributed by atoms with Crippen molar-refractivity contribution in [2.75, 3.05) is 18.0 Å². The van der Waals surface area contributed by atoms with Crippen molar-refractivity contribution in [1.82, 2.24) is 10.6 Å².